The van der Waals surface area contributed by atoms with Crippen LogP contribution < -0.4 is 5.73 Å². The van der Waals surface area contributed by atoms with Gasteiger partial charge in [0.15, 0.2) is 0 Å². The molecule has 1 atom stereocenters. The lowest BCUT2D eigenvalue weighted by molar-refractivity contribution is 0.450. The molecule has 3 heteroatoms. The van der Waals surface area contributed by atoms with E-state index in [9.17, 15) is 0 Å². The Bertz CT molecular complexity index is 296. The van der Waals surface area contributed by atoms with E-state index in [1.807, 2.05) is 0 Å². The molecule has 1 aliphatic carbocycles. The summed E-state index contributed by atoms with van der Waals surface area (Å²) in [5, 5.41) is 0. The van der Waals surface area contributed by atoms with Gasteiger partial charge >= 0.3 is 0 Å². The number of halogens is 1. The van der Waals surface area contributed by atoms with Crippen molar-refractivity contribution in [1.82, 2.24) is 0 Å². The minimum absolute atomic E-state index is 0.271. The van der Waals surface area contributed by atoms with Gasteiger partial charge in [-0.3, -0.25) is 0 Å². The van der Waals surface area contributed by atoms with Crippen molar-refractivity contribution in [3.05, 3.63) is 20.3 Å². The fourth-order valence-electron chi connectivity index (χ4n) is 2.20. The van der Waals surface area contributed by atoms with Crippen LogP contribution in [0.15, 0.2) is 9.85 Å². The second kappa shape index (κ2) is 4.33. The molecule has 78 valence electrons. The maximum absolute atomic E-state index is 6.27. The summed E-state index contributed by atoms with van der Waals surface area (Å²) in [6.45, 7) is 2.13. The van der Waals surface area contributed by atoms with Crippen LogP contribution in [0.4, 0.5) is 0 Å². The Kier molecular flexibility index (Phi) is 3.30. The van der Waals surface area contributed by atoms with Crippen LogP contribution in [0.3, 0.4) is 0 Å². The molecular weight excluding hydrogens is 258 g/mol. The highest BCUT2D eigenvalue weighted by molar-refractivity contribution is 9.11. The quantitative estimate of drug-likeness (QED) is 0.866. The molecule has 0 radical (unpaired) electrons. The minimum Gasteiger partial charge on any atom is -0.323 e. The number of nitrogens with two attached hydrogens (primary N) is 1. The first-order valence-corrected chi connectivity index (χ1v) is 6.81. The lowest BCUT2D eigenvalue weighted by atomic mass is 9.97. The molecule has 2 rings (SSSR count). The van der Waals surface area contributed by atoms with Crippen LogP contribution in [-0.4, -0.2) is 0 Å². The maximum atomic E-state index is 6.27. The van der Waals surface area contributed by atoms with Crippen molar-refractivity contribution < 1.29 is 0 Å². The summed E-state index contributed by atoms with van der Waals surface area (Å²) in [6.07, 6.45) is 5.36. The molecular formula is C11H16BrNS. The van der Waals surface area contributed by atoms with Gasteiger partial charge in [0.05, 0.1) is 3.79 Å². The number of aryl methyl sites for hydroxylation is 1. The van der Waals surface area contributed by atoms with Crippen LogP contribution in [0, 0.1) is 12.8 Å². The van der Waals surface area contributed by atoms with Gasteiger partial charge in [0.2, 0.25) is 0 Å². The van der Waals surface area contributed by atoms with Crippen molar-refractivity contribution in [1.29, 1.82) is 0 Å². The van der Waals surface area contributed by atoms with Gasteiger partial charge in [-0.1, -0.05) is 12.8 Å². The van der Waals surface area contributed by atoms with Crippen molar-refractivity contribution >= 4 is 27.3 Å². The molecule has 0 bridgehead atoms. The zero-order chi connectivity index (χ0) is 10.1. The fourth-order valence-corrected chi connectivity index (χ4v) is 3.86. The number of thiophene rings is 1. The van der Waals surface area contributed by atoms with Gasteiger partial charge < -0.3 is 5.73 Å². The molecule has 1 heterocycles. The predicted molar refractivity (Wildman–Crippen MR) is 65.6 cm³/mol. The Morgan fingerprint density at radius 2 is 2.14 bits per heavy atom. The normalized spacial score (nSPS) is 20.2. The Hall–Kier alpha value is 0.140. The summed E-state index contributed by atoms with van der Waals surface area (Å²) < 4.78 is 1.24. The molecule has 1 aliphatic rings. The van der Waals surface area contributed by atoms with E-state index < -0.39 is 0 Å². The third kappa shape index (κ3) is 2.05. The zero-order valence-electron chi connectivity index (χ0n) is 8.42. The van der Waals surface area contributed by atoms with Crippen LogP contribution in [-0.2, 0) is 0 Å². The molecule has 1 fully saturated rings. The molecule has 0 spiro atoms. The van der Waals surface area contributed by atoms with E-state index in [0.717, 1.165) is 5.92 Å². The van der Waals surface area contributed by atoms with Gasteiger partial charge in [-0.05, 0) is 53.2 Å². The summed E-state index contributed by atoms with van der Waals surface area (Å²) in [7, 11) is 0. The van der Waals surface area contributed by atoms with Crippen LogP contribution in [0.5, 0.6) is 0 Å². The summed E-state index contributed by atoms with van der Waals surface area (Å²) in [5.74, 6) is 0.722. The van der Waals surface area contributed by atoms with Gasteiger partial charge in [-0.2, -0.15) is 0 Å². The average molecular weight is 274 g/mol. The Morgan fingerprint density at radius 1 is 1.50 bits per heavy atom. The highest BCUT2D eigenvalue weighted by Gasteiger charge is 2.24. The van der Waals surface area contributed by atoms with E-state index in [1.54, 1.807) is 11.3 Å². The van der Waals surface area contributed by atoms with Crippen LogP contribution in [0.2, 0.25) is 0 Å². The van der Waals surface area contributed by atoms with Gasteiger partial charge in [0.25, 0.3) is 0 Å². The molecule has 0 amide bonds. The first-order chi connectivity index (χ1) is 6.68. The van der Waals surface area contributed by atoms with E-state index in [-0.39, 0.29) is 6.04 Å². The molecule has 0 unspecified atom stereocenters. The van der Waals surface area contributed by atoms with Crippen molar-refractivity contribution in [2.45, 2.75) is 38.6 Å². The van der Waals surface area contributed by atoms with Crippen molar-refractivity contribution in [2.75, 3.05) is 0 Å². The van der Waals surface area contributed by atoms with Gasteiger partial charge in [-0.25, -0.2) is 0 Å². The zero-order valence-corrected chi connectivity index (χ0v) is 10.8. The maximum Gasteiger partial charge on any atom is 0.0731 e. The minimum atomic E-state index is 0.271. The third-order valence-electron chi connectivity index (χ3n) is 3.11. The van der Waals surface area contributed by atoms with Crippen molar-refractivity contribution in [2.24, 2.45) is 11.7 Å². The van der Waals surface area contributed by atoms with Gasteiger partial charge in [-0.15, -0.1) is 11.3 Å². The standard InChI is InChI=1S/C11H16BrNS/c1-7-6-9(14-11(7)12)10(13)8-4-2-3-5-8/h6,8,10H,2-5,13H2,1H3/t10-/m1/s1. The van der Waals surface area contributed by atoms with E-state index >= 15 is 0 Å². The lowest BCUT2D eigenvalue weighted by Crippen LogP contribution is -2.17. The second-order valence-electron chi connectivity index (χ2n) is 4.18. The largest absolute Gasteiger partial charge is 0.323 e. The number of rotatable bonds is 2. The summed E-state index contributed by atoms with van der Waals surface area (Å²) in [5.41, 5.74) is 7.59. The highest BCUT2D eigenvalue weighted by Crippen LogP contribution is 2.39. The molecule has 1 aromatic heterocycles. The van der Waals surface area contributed by atoms with Crippen LogP contribution in [0.25, 0.3) is 0 Å². The predicted octanol–water partition coefficient (Wildman–Crippen LogP) is 4.01. The monoisotopic (exact) mass is 273 g/mol. The molecule has 1 aromatic rings. The molecule has 1 saturated carbocycles. The van der Waals surface area contributed by atoms with E-state index in [0.29, 0.717) is 0 Å². The van der Waals surface area contributed by atoms with Crippen LogP contribution >= 0.6 is 27.3 Å². The summed E-state index contributed by atoms with van der Waals surface area (Å²) in [4.78, 5) is 1.35. The molecule has 2 N–H and O–H groups in total. The highest BCUT2D eigenvalue weighted by atomic mass is 79.9. The van der Waals surface area contributed by atoms with E-state index in [1.165, 1.54) is 39.9 Å². The first kappa shape index (κ1) is 10.7. The van der Waals surface area contributed by atoms with Crippen molar-refractivity contribution in [3.8, 4) is 0 Å². The Balaban J connectivity index is 2.13. The van der Waals surface area contributed by atoms with Gasteiger partial charge in [0.1, 0.15) is 0 Å². The summed E-state index contributed by atoms with van der Waals surface area (Å²) >= 11 is 5.36. The number of hydrogen-bond acceptors (Lipinski definition) is 2. The molecule has 0 saturated heterocycles. The van der Waals surface area contributed by atoms with Crippen molar-refractivity contribution in [3.63, 3.8) is 0 Å². The first-order valence-electron chi connectivity index (χ1n) is 5.20. The summed E-state index contributed by atoms with van der Waals surface area (Å²) in [6, 6.07) is 2.50. The second-order valence-corrected chi connectivity index (χ2v) is 6.58. The Morgan fingerprint density at radius 3 is 2.64 bits per heavy atom. The van der Waals surface area contributed by atoms with Gasteiger partial charge in [0, 0.05) is 10.9 Å². The SMILES string of the molecule is Cc1cc([C@H](N)C2CCCC2)sc1Br. The average Bonchev–Trinajstić information content (AvgIpc) is 2.76. The number of hydrogen-bond donors (Lipinski definition) is 1. The van der Waals surface area contributed by atoms with E-state index in [4.69, 9.17) is 5.73 Å². The molecule has 0 aliphatic heterocycles. The Labute approximate surface area is 97.8 Å². The molecule has 0 aromatic carbocycles. The molecule has 1 nitrogen and oxygen atoms in total. The fraction of sp³-hybridized carbons (Fsp3) is 0.636. The van der Waals surface area contributed by atoms with E-state index in [2.05, 4.69) is 28.9 Å². The smallest absolute Gasteiger partial charge is 0.0731 e. The topological polar surface area (TPSA) is 26.0 Å². The lowest BCUT2D eigenvalue weighted by Gasteiger charge is -2.16. The third-order valence-corrected chi connectivity index (χ3v) is 5.35. The molecule has 14 heavy (non-hydrogen) atoms. The van der Waals surface area contributed by atoms with Crippen LogP contribution in [0.1, 0.15) is 42.2 Å².